The van der Waals surface area contributed by atoms with E-state index in [2.05, 4.69) is 32.1 Å². The van der Waals surface area contributed by atoms with Gasteiger partial charge in [0.05, 0.1) is 13.2 Å². The van der Waals surface area contributed by atoms with Gasteiger partial charge in [0.2, 0.25) is 11.9 Å². The molecule has 0 spiro atoms. The first-order valence-corrected chi connectivity index (χ1v) is 7.42. The van der Waals surface area contributed by atoms with Crippen LogP contribution in [-0.4, -0.2) is 54.1 Å². The zero-order valence-corrected chi connectivity index (χ0v) is 11.7. The minimum Gasteiger partial charge on any atom is -0.378 e. The quantitative estimate of drug-likeness (QED) is 0.807. The van der Waals surface area contributed by atoms with Gasteiger partial charge >= 0.3 is 0 Å². The average molecular weight is 269 g/mol. The van der Waals surface area contributed by atoms with E-state index in [0.29, 0.717) is 5.95 Å². The molecule has 0 amide bonds. The van der Waals surface area contributed by atoms with Gasteiger partial charge in [0.25, 0.3) is 0 Å². The largest absolute Gasteiger partial charge is 0.378 e. The van der Waals surface area contributed by atoms with Crippen LogP contribution in [0.3, 0.4) is 0 Å². The van der Waals surface area contributed by atoms with Crippen LogP contribution in [0.1, 0.15) is 13.3 Å². The molecule has 1 aromatic rings. The van der Waals surface area contributed by atoms with Crippen molar-refractivity contribution in [2.24, 2.45) is 0 Å². The molecule has 1 saturated heterocycles. The van der Waals surface area contributed by atoms with Gasteiger partial charge < -0.3 is 15.0 Å². The van der Waals surface area contributed by atoms with Gasteiger partial charge in [-0.3, -0.25) is 0 Å². The fourth-order valence-corrected chi connectivity index (χ4v) is 2.01. The van der Waals surface area contributed by atoms with Crippen LogP contribution in [0.25, 0.3) is 0 Å². The highest BCUT2D eigenvalue weighted by atomic mass is 32.2. The Kier molecular flexibility index (Phi) is 5.00. The molecule has 0 aromatic carbocycles. The van der Waals surface area contributed by atoms with Crippen LogP contribution < -0.4 is 10.2 Å². The number of ether oxygens (including phenoxy) is 1. The van der Waals surface area contributed by atoms with E-state index in [1.54, 1.807) is 0 Å². The van der Waals surface area contributed by atoms with Crippen molar-refractivity contribution in [3.05, 3.63) is 0 Å². The molecule has 1 N–H and O–H groups in total. The van der Waals surface area contributed by atoms with E-state index in [9.17, 15) is 0 Å². The standard InChI is InChI=1S/C11H19N5OS/c1-3-4-12-9-13-10(15-11(14-9)18-2)16-5-7-17-8-6-16/h3-8H2,1-2H3,(H,12,13,14,15). The molecule has 0 bridgehead atoms. The molecule has 1 aliphatic rings. The molecule has 2 rings (SSSR count). The lowest BCUT2D eigenvalue weighted by atomic mass is 10.4. The third-order valence-corrected chi connectivity index (χ3v) is 3.16. The van der Waals surface area contributed by atoms with Gasteiger partial charge in [-0.2, -0.15) is 15.0 Å². The number of nitrogens with zero attached hydrogens (tertiary/aromatic N) is 4. The minimum atomic E-state index is 0.665. The van der Waals surface area contributed by atoms with E-state index in [4.69, 9.17) is 4.74 Å². The maximum Gasteiger partial charge on any atom is 0.231 e. The summed E-state index contributed by atoms with van der Waals surface area (Å²) in [5.74, 6) is 1.41. The lowest BCUT2D eigenvalue weighted by Gasteiger charge is -2.27. The van der Waals surface area contributed by atoms with Gasteiger partial charge in [0, 0.05) is 19.6 Å². The molecule has 0 radical (unpaired) electrons. The highest BCUT2D eigenvalue weighted by Gasteiger charge is 2.16. The predicted octanol–water partition coefficient (Wildman–Crippen LogP) is 1.25. The first-order valence-electron chi connectivity index (χ1n) is 6.20. The number of rotatable bonds is 5. The first-order chi connectivity index (χ1) is 8.83. The van der Waals surface area contributed by atoms with E-state index < -0.39 is 0 Å². The molecule has 2 heterocycles. The number of anilines is 2. The fraction of sp³-hybridized carbons (Fsp3) is 0.727. The zero-order chi connectivity index (χ0) is 12.8. The molecule has 1 aliphatic heterocycles. The number of nitrogens with one attached hydrogen (secondary N) is 1. The molecular weight excluding hydrogens is 250 g/mol. The van der Waals surface area contributed by atoms with E-state index in [1.165, 1.54) is 11.8 Å². The normalized spacial score (nSPS) is 15.8. The van der Waals surface area contributed by atoms with Crippen molar-refractivity contribution in [3.63, 3.8) is 0 Å². The van der Waals surface area contributed by atoms with Gasteiger partial charge in [-0.1, -0.05) is 18.7 Å². The van der Waals surface area contributed by atoms with Crippen molar-refractivity contribution in [2.75, 3.05) is 49.3 Å². The summed E-state index contributed by atoms with van der Waals surface area (Å²) in [5.41, 5.74) is 0. The Morgan fingerprint density at radius 1 is 1.28 bits per heavy atom. The molecule has 7 heteroatoms. The summed E-state index contributed by atoms with van der Waals surface area (Å²) >= 11 is 1.53. The number of morpholine rings is 1. The van der Waals surface area contributed by atoms with E-state index in [-0.39, 0.29) is 0 Å². The van der Waals surface area contributed by atoms with Gasteiger partial charge in [0.1, 0.15) is 0 Å². The van der Waals surface area contributed by atoms with Crippen molar-refractivity contribution in [1.29, 1.82) is 0 Å². The van der Waals surface area contributed by atoms with Crippen LogP contribution in [0.4, 0.5) is 11.9 Å². The highest BCUT2D eigenvalue weighted by Crippen LogP contribution is 2.17. The fourth-order valence-electron chi connectivity index (χ4n) is 1.66. The smallest absolute Gasteiger partial charge is 0.231 e. The molecule has 6 nitrogen and oxygen atoms in total. The Morgan fingerprint density at radius 3 is 2.72 bits per heavy atom. The van der Waals surface area contributed by atoms with Crippen LogP contribution >= 0.6 is 11.8 Å². The van der Waals surface area contributed by atoms with Crippen molar-refractivity contribution in [1.82, 2.24) is 15.0 Å². The molecule has 18 heavy (non-hydrogen) atoms. The Morgan fingerprint density at radius 2 is 2.06 bits per heavy atom. The molecule has 100 valence electrons. The van der Waals surface area contributed by atoms with E-state index in [1.807, 2.05) is 6.26 Å². The second-order valence-electron chi connectivity index (χ2n) is 3.97. The summed E-state index contributed by atoms with van der Waals surface area (Å²) in [6.07, 6.45) is 3.02. The summed E-state index contributed by atoms with van der Waals surface area (Å²) in [6, 6.07) is 0. The zero-order valence-electron chi connectivity index (χ0n) is 10.8. The molecule has 0 atom stereocenters. The van der Waals surface area contributed by atoms with Gasteiger partial charge in [0.15, 0.2) is 5.16 Å². The average Bonchev–Trinajstić information content (AvgIpc) is 2.45. The summed E-state index contributed by atoms with van der Waals surface area (Å²) in [7, 11) is 0. The molecular formula is C11H19N5OS. The Labute approximate surface area is 112 Å². The van der Waals surface area contributed by atoms with Crippen LogP contribution in [0, 0.1) is 0 Å². The highest BCUT2D eigenvalue weighted by molar-refractivity contribution is 7.98. The third kappa shape index (κ3) is 3.46. The number of thioether (sulfide) groups is 1. The summed E-state index contributed by atoms with van der Waals surface area (Å²) in [6.45, 7) is 6.14. The number of hydrogen-bond acceptors (Lipinski definition) is 7. The van der Waals surface area contributed by atoms with Crippen molar-refractivity contribution >= 4 is 23.7 Å². The summed E-state index contributed by atoms with van der Waals surface area (Å²) < 4.78 is 5.34. The molecule has 1 aromatic heterocycles. The third-order valence-electron chi connectivity index (χ3n) is 2.61. The lowest BCUT2D eigenvalue weighted by molar-refractivity contribution is 0.122. The topological polar surface area (TPSA) is 63.2 Å². The minimum absolute atomic E-state index is 0.665. The maximum absolute atomic E-state index is 5.34. The number of hydrogen-bond donors (Lipinski definition) is 1. The van der Waals surface area contributed by atoms with Crippen LogP contribution in [0.5, 0.6) is 0 Å². The molecule has 0 saturated carbocycles. The molecule has 0 unspecified atom stereocenters. The predicted molar refractivity (Wildman–Crippen MR) is 73.4 cm³/mol. The van der Waals surface area contributed by atoms with Gasteiger partial charge in [-0.25, -0.2) is 0 Å². The lowest BCUT2D eigenvalue weighted by Crippen LogP contribution is -2.37. The van der Waals surface area contributed by atoms with Gasteiger partial charge in [-0.05, 0) is 12.7 Å². The Bertz CT molecular complexity index is 384. The monoisotopic (exact) mass is 269 g/mol. The van der Waals surface area contributed by atoms with Crippen LogP contribution in [0.2, 0.25) is 0 Å². The van der Waals surface area contributed by atoms with Crippen LogP contribution in [0.15, 0.2) is 5.16 Å². The molecule has 0 aliphatic carbocycles. The number of aromatic nitrogens is 3. The summed E-state index contributed by atoms with van der Waals surface area (Å²) in [4.78, 5) is 15.4. The van der Waals surface area contributed by atoms with Crippen molar-refractivity contribution in [3.8, 4) is 0 Å². The van der Waals surface area contributed by atoms with E-state index in [0.717, 1.165) is 50.4 Å². The Hall–Kier alpha value is -1.08. The second kappa shape index (κ2) is 6.75. The van der Waals surface area contributed by atoms with Crippen molar-refractivity contribution in [2.45, 2.75) is 18.5 Å². The SMILES string of the molecule is CCCNc1nc(SC)nc(N2CCOCC2)n1. The first kappa shape index (κ1) is 13.4. The maximum atomic E-state index is 5.34. The summed E-state index contributed by atoms with van der Waals surface area (Å²) in [5, 5.41) is 3.97. The molecule has 1 fully saturated rings. The van der Waals surface area contributed by atoms with Crippen molar-refractivity contribution < 1.29 is 4.74 Å². The second-order valence-corrected chi connectivity index (χ2v) is 4.75. The van der Waals surface area contributed by atoms with Crippen LogP contribution in [-0.2, 0) is 4.74 Å². The Balaban J connectivity index is 2.16. The van der Waals surface area contributed by atoms with E-state index >= 15 is 0 Å². The van der Waals surface area contributed by atoms with Gasteiger partial charge in [-0.15, -0.1) is 0 Å².